The lowest BCUT2D eigenvalue weighted by Gasteiger charge is -2.10. The highest BCUT2D eigenvalue weighted by Gasteiger charge is 2.21. The van der Waals surface area contributed by atoms with Crippen molar-refractivity contribution in [3.05, 3.63) is 46.2 Å². The fourth-order valence-corrected chi connectivity index (χ4v) is 3.52. The number of aromatic carboxylic acids is 1. The molecule has 0 amide bonds. The van der Waals surface area contributed by atoms with E-state index in [1.165, 1.54) is 16.8 Å². The number of carboxylic acid groups (broad SMARTS) is 1. The second-order valence-electron chi connectivity index (χ2n) is 3.68. The first kappa shape index (κ1) is 14.4. The number of thiophene rings is 1. The van der Waals surface area contributed by atoms with Crippen molar-refractivity contribution >= 4 is 33.0 Å². The molecule has 106 valence electrons. The van der Waals surface area contributed by atoms with E-state index in [1.54, 1.807) is 0 Å². The number of sulfonamides is 1. The van der Waals surface area contributed by atoms with E-state index in [0.717, 1.165) is 11.3 Å². The van der Waals surface area contributed by atoms with Gasteiger partial charge in [-0.05, 0) is 17.5 Å². The highest BCUT2D eigenvalue weighted by atomic mass is 32.2. The van der Waals surface area contributed by atoms with E-state index in [1.807, 2.05) is 4.72 Å². The SMILES string of the molecule is O=C(O)c1cc(F)c(F)cc1NS(=O)(=O)c1ccsc1. The van der Waals surface area contributed by atoms with Crippen LogP contribution in [-0.2, 0) is 10.0 Å². The second-order valence-corrected chi connectivity index (χ2v) is 6.14. The van der Waals surface area contributed by atoms with Gasteiger partial charge in [-0.25, -0.2) is 22.0 Å². The molecular weight excluding hydrogens is 312 g/mol. The highest BCUT2D eigenvalue weighted by molar-refractivity contribution is 7.92. The van der Waals surface area contributed by atoms with Crippen LogP contribution in [-0.4, -0.2) is 19.5 Å². The second kappa shape index (κ2) is 5.17. The van der Waals surface area contributed by atoms with Crippen LogP contribution in [0.2, 0.25) is 0 Å². The number of halogens is 2. The molecular formula is C11H7F2NO4S2. The number of carbonyl (C=O) groups is 1. The first-order valence-corrected chi connectivity index (χ1v) is 7.51. The number of benzene rings is 1. The van der Waals surface area contributed by atoms with Crippen LogP contribution in [0.25, 0.3) is 0 Å². The molecule has 0 aliphatic carbocycles. The summed E-state index contributed by atoms with van der Waals surface area (Å²) in [6.07, 6.45) is 0. The third kappa shape index (κ3) is 2.78. The van der Waals surface area contributed by atoms with Crippen molar-refractivity contribution in [2.24, 2.45) is 0 Å². The van der Waals surface area contributed by atoms with Crippen molar-refractivity contribution in [2.45, 2.75) is 4.90 Å². The zero-order chi connectivity index (χ0) is 14.9. The summed E-state index contributed by atoms with van der Waals surface area (Å²) in [7, 11) is -4.05. The molecule has 0 atom stereocenters. The first-order chi connectivity index (χ1) is 9.31. The van der Waals surface area contributed by atoms with Crippen molar-refractivity contribution in [1.82, 2.24) is 0 Å². The average Bonchev–Trinajstić information content (AvgIpc) is 2.87. The molecule has 1 aromatic carbocycles. The molecule has 2 rings (SSSR count). The molecule has 1 aromatic heterocycles. The molecule has 0 aliphatic heterocycles. The molecule has 0 unspecified atom stereocenters. The van der Waals surface area contributed by atoms with E-state index >= 15 is 0 Å². The van der Waals surface area contributed by atoms with Crippen LogP contribution in [0.4, 0.5) is 14.5 Å². The van der Waals surface area contributed by atoms with Gasteiger partial charge in [0.1, 0.15) is 0 Å². The Morgan fingerprint density at radius 2 is 1.90 bits per heavy atom. The predicted octanol–water partition coefficient (Wildman–Crippen LogP) is 2.53. The van der Waals surface area contributed by atoms with Gasteiger partial charge in [0.2, 0.25) is 0 Å². The van der Waals surface area contributed by atoms with Gasteiger partial charge in [0.15, 0.2) is 11.6 Å². The summed E-state index contributed by atoms with van der Waals surface area (Å²) in [5.74, 6) is -4.30. The van der Waals surface area contributed by atoms with E-state index < -0.39 is 38.9 Å². The minimum atomic E-state index is -4.05. The normalized spacial score (nSPS) is 11.3. The summed E-state index contributed by atoms with van der Waals surface area (Å²) in [4.78, 5) is 10.8. The van der Waals surface area contributed by atoms with E-state index in [4.69, 9.17) is 5.11 Å². The van der Waals surface area contributed by atoms with Gasteiger partial charge in [-0.15, -0.1) is 0 Å². The van der Waals surface area contributed by atoms with Crippen LogP contribution in [0.3, 0.4) is 0 Å². The molecule has 0 aliphatic rings. The van der Waals surface area contributed by atoms with Crippen molar-refractivity contribution in [3.8, 4) is 0 Å². The molecule has 0 saturated heterocycles. The molecule has 0 fully saturated rings. The molecule has 0 saturated carbocycles. The van der Waals surface area contributed by atoms with Crippen LogP contribution in [0.5, 0.6) is 0 Å². The number of hydrogen-bond acceptors (Lipinski definition) is 4. The maximum atomic E-state index is 13.1. The number of carboxylic acids is 1. The van der Waals surface area contributed by atoms with Crippen LogP contribution in [0, 0.1) is 11.6 Å². The zero-order valence-electron chi connectivity index (χ0n) is 9.63. The molecule has 0 bridgehead atoms. The molecule has 20 heavy (non-hydrogen) atoms. The van der Waals surface area contributed by atoms with Crippen LogP contribution < -0.4 is 4.72 Å². The fourth-order valence-electron chi connectivity index (χ4n) is 1.42. The van der Waals surface area contributed by atoms with Crippen LogP contribution in [0.1, 0.15) is 10.4 Å². The van der Waals surface area contributed by atoms with Gasteiger partial charge >= 0.3 is 5.97 Å². The summed E-state index contributed by atoms with van der Waals surface area (Å²) in [5, 5.41) is 11.7. The Balaban J connectivity index is 2.49. The molecule has 0 spiro atoms. The molecule has 1 heterocycles. The minimum Gasteiger partial charge on any atom is -0.478 e. The maximum absolute atomic E-state index is 13.1. The Bertz CT molecular complexity index is 757. The number of rotatable bonds is 4. The lowest BCUT2D eigenvalue weighted by molar-refractivity contribution is 0.0697. The largest absolute Gasteiger partial charge is 0.478 e. The Labute approximate surface area is 116 Å². The van der Waals surface area contributed by atoms with Gasteiger partial charge in [0.05, 0.1) is 16.1 Å². The lowest BCUT2D eigenvalue weighted by atomic mass is 10.2. The monoisotopic (exact) mass is 319 g/mol. The van der Waals surface area contributed by atoms with Crippen molar-refractivity contribution in [2.75, 3.05) is 4.72 Å². The van der Waals surface area contributed by atoms with Gasteiger partial charge in [0.25, 0.3) is 10.0 Å². The molecule has 9 heteroatoms. The summed E-state index contributed by atoms with van der Waals surface area (Å²) in [6, 6.07) is 2.21. The summed E-state index contributed by atoms with van der Waals surface area (Å²) in [6.45, 7) is 0. The standard InChI is InChI=1S/C11H7F2NO4S2/c12-8-3-7(11(15)16)10(4-9(8)13)14-20(17,18)6-1-2-19-5-6/h1-5,14H,(H,15,16). The van der Waals surface area contributed by atoms with Gasteiger partial charge in [0, 0.05) is 11.4 Å². The third-order valence-corrected chi connectivity index (χ3v) is 4.54. The minimum absolute atomic E-state index is 0.0939. The topological polar surface area (TPSA) is 83.5 Å². The fraction of sp³-hybridized carbons (Fsp3) is 0. The van der Waals surface area contributed by atoms with Gasteiger partial charge in [-0.1, -0.05) is 0 Å². The molecule has 0 radical (unpaired) electrons. The van der Waals surface area contributed by atoms with Crippen molar-refractivity contribution in [1.29, 1.82) is 0 Å². The highest BCUT2D eigenvalue weighted by Crippen LogP contribution is 2.24. The van der Waals surface area contributed by atoms with E-state index in [9.17, 15) is 22.0 Å². The van der Waals surface area contributed by atoms with E-state index in [0.29, 0.717) is 12.1 Å². The van der Waals surface area contributed by atoms with Gasteiger partial charge in [-0.2, -0.15) is 11.3 Å². The third-order valence-electron chi connectivity index (χ3n) is 2.34. The Hall–Kier alpha value is -2.00. The summed E-state index contributed by atoms with van der Waals surface area (Å²) >= 11 is 1.12. The molecule has 2 aromatic rings. The summed E-state index contributed by atoms with van der Waals surface area (Å²) < 4.78 is 51.9. The zero-order valence-corrected chi connectivity index (χ0v) is 11.3. The Kier molecular flexibility index (Phi) is 3.73. The number of anilines is 1. The first-order valence-electron chi connectivity index (χ1n) is 5.08. The average molecular weight is 319 g/mol. The molecule has 5 nitrogen and oxygen atoms in total. The van der Waals surface area contributed by atoms with Crippen LogP contribution in [0.15, 0.2) is 33.9 Å². The van der Waals surface area contributed by atoms with E-state index in [2.05, 4.69) is 0 Å². The Morgan fingerprint density at radius 3 is 2.45 bits per heavy atom. The predicted molar refractivity (Wildman–Crippen MR) is 68.4 cm³/mol. The maximum Gasteiger partial charge on any atom is 0.337 e. The van der Waals surface area contributed by atoms with Crippen molar-refractivity contribution < 1.29 is 27.1 Å². The number of nitrogens with one attached hydrogen (secondary N) is 1. The van der Waals surface area contributed by atoms with Gasteiger partial charge < -0.3 is 5.11 Å². The molecule has 2 N–H and O–H groups in total. The number of hydrogen-bond donors (Lipinski definition) is 2. The summed E-state index contributed by atoms with van der Waals surface area (Å²) in [5.41, 5.74) is -1.22. The Morgan fingerprint density at radius 1 is 1.25 bits per heavy atom. The lowest BCUT2D eigenvalue weighted by Crippen LogP contribution is -2.15. The van der Waals surface area contributed by atoms with Crippen molar-refractivity contribution in [3.63, 3.8) is 0 Å². The van der Waals surface area contributed by atoms with Crippen LogP contribution >= 0.6 is 11.3 Å². The smallest absolute Gasteiger partial charge is 0.337 e. The van der Waals surface area contributed by atoms with Gasteiger partial charge in [-0.3, -0.25) is 4.72 Å². The van der Waals surface area contributed by atoms with E-state index in [-0.39, 0.29) is 4.90 Å². The quantitative estimate of drug-likeness (QED) is 0.907.